The molecule has 0 saturated carbocycles. The number of nitrogens with zero attached hydrogens (tertiary/aromatic N) is 3. The van der Waals surface area contributed by atoms with Gasteiger partial charge in [-0.3, -0.25) is 23.7 Å². The van der Waals surface area contributed by atoms with Gasteiger partial charge in [0.25, 0.3) is 11.5 Å². The number of aromatic nitrogens is 2. The highest BCUT2D eigenvalue weighted by atomic mass is 19.1. The molecule has 238 valence electrons. The first-order valence-electron chi connectivity index (χ1n) is 15.2. The number of aryl methyl sites for hydroxylation is 1. The minimum absolute atomic E-state index is 0.00531. The average Bonchev–Trinajstić information content (AvgIpc) is 3.61. The van der Waals surface area contributed by atoms with Gasteiger partial charge in [0.15, 0.2) is 5.78 Å². The third-order valence-electron chi connectivity index (χ3n) is 8.26. The lowest BCUT2D eigenvalue weighted by Gasteiger charge is -2.21. The summed E-state index contributed by atoms with van der Waals surface area (Å²) in [6, 6.07) is 15.5. The maximum absolute atomic E-state index is 14.1. The first kappa shape index (κ1) is 32.2. The summed E-state index contributed by atoms with van der Waals surface area (Å²) in [7, 11) is 3.18. The Labute approximate surface area is 266 Å². The number of anilines is 2. The molecule has 0 radical (unpaired) electrons. The molecule has 3 aromatic carbocycles. The van der Waals surface area contributed by atoms with E-state index in [1.807, 2.05) is 19.1 Å². The molecule has 46 heavy (non-hydrogen) atoms. The van der Waals surface area contributed by atoms with E-state index in [9.17, 15) is 23.6 Å². The molecule has 3 N–H and O–H groups in total. The second kappa shape index (κ2) is 13.9. The lowest BCUT2D eigenvalue weighted by molar-refractivity contribution is -0.117. The quantitative estimate of drug-likeness (QED) is 0.227. The molecule has 2 heterocycles. The third-order valence-corrected chi connectivity index (χ3v) is 8.26. The Morgan fingerprint density at radius 1 is 0.935 bits per heavy atom. The number of likely N-dealkylation sites (N-methyl/N-ethyl adjacent to an activating group) is 1. The molecule has 1 aromatic heterocycles. The Morgan fingerprint density at radius 3 is 2.30 bits per heavy atom. The molecule has 11 heteroatoms. The van der Waals surface area contributed by atoms with Crippen LogP contribution < -0.4 is 26.4 Å². The van der Waals surface area contributed by atoms with E-state index in [4.69, 9.17) is 0 Å². The largest absolute Gasteiger partial charge is 0.372 e. The monoisotopic (exact) mass is 624 g/mol. The van der Waals surface area contributed by atoms with Crippen molar-refractivity contribution in [3.05, 3.63) is 111 Å². The summed E-state index contributed by atoms with van der Waals surface area (Å²) in [4.78, 5) is 59.8. The van der Waals surface area contributed by atoms with Gasteiger partial charge in [-0.2, -0.15) is 0 Å². The first-order valence-corrected chi connectivity index (χ1v) is 15.2. The van der Waals surface area contributed by atoms with Crippen LogP contribution in [0.4, 0.5) is 15.8 Å². The number of carbonyl (C=O) groups excluding carboxylic acids is 3. The molecule has 1 aliphatic heterocycles. The van der Waals surface area contributed by atoms with Gasteiger partial charge < -0.3 is 20.9 Å². The molecular formula is C35H37FN6O4. The Bertz CT molecular complexity index is 1850. The normalized spacial score (nSPS) is 13.4. The Hall–Kier alpha value is -5.16. The van der Waals surface area contributed by atoms with E-state index in [1.165, 1.54) is 42.1 Å². The standard InChI is InChI=1S/C35H37FN6O4/c1-21-7-8-25(34(45)38-4)18-29(21)32-39-19-30(40-33(44)22(2)37-3)35(46)42(32)20-23-15-26(17-28(16-23)41-13-5-6-14-41)31(43)24-9-11-27(36)12-10-24/h7-12,15-19,22,37H,5-6,13-14,20H2,1-4H3,(H,38,45)(H,40,44). The zero-order valence-electron chi connectivity index (χ0n) is 26.3. The van der Waals surface area contributed by atoms with E-state index in [0.29, 0.717) is 33.6 Å². The summed E-state index contributed by atoms with van der Waals surface area (Å²) in [5, 5.41) is 8.15. The maximum Gasteiger partial charge on any atom is 0.277 e. The molecule has 0 bridgehead atoms. The fraction of sp³-hybridized carbons (Fsp3) is 0.286. The van der Waals surface area contributed by atoms with Gasteiger partial charge in [-0.05, 0) is 99.5 Å². The van der Waals surface area contributed by atoms with Crippen LogP contribution in [0.15, 0.2) is 71.7 Å². The van der Waals surface area contributed by atoms with Gasteiger partial charge in [0.1, 0.15) is 17.3 Å². The van der Waals surface area contributed by atoms with Crippen molar-refractivity contribution in [2.45, 2.75) is 39.3 Å². The molecule has 1 aliphatic rings. The summed E-state index contributed by atoms with van der Waals surface area (Å²) in [5.41, 5.74) is 3.49. The number of hydrogen-bond acceptors (Lipinski definition) is 7. The predicted octanol–water partition coefficient (Wildman–Crippen LogP) is 4.14. The second-order valence-corrected chi connectivity index (χ2v) is 11.4. The van der Waals surface area contributed by atoms with Crippen LogP contribution >= 0.6 is 0 Å². The number of halogens is 1. The van der Waals surface area contributed by atoms with E-state index in [2.05, 4.69) is 25.8 Å². The van der Waals surface area contributed by atoms with Crippen molar-refractivity contribution >= 4 is 29.0 Å². The highest BCUT2D eigenvalue weighted by Gasteiger charge is 2.22. The van der Waals surface area contributed by atoms with E-state index >= 15 is 0 Å². The van der Waals surface area contributed by atoms with E-state index in [1.54, 1.807) is 38.2 Å². The van der Waals surface area contributed by atoms with Crippen LogP contribution in [0.25, 0.3) is 11.4 Å². The number of benzene rings is 3. The van der Waals surface area contributed by atoms with Gasteiger partial charge in [0.05, 0.1) is 18.8 Å². The summed E-state index contributed by atoms with van der Waals surface area (Å²) < 4.78 is 15.1. The van der Waals surface area contributed by atoms with Crippen molar-refractivity contribution in [1.29, 1.82) is 0 Å². The molecule has 4 aromatic rings. The van der Waals surface area contributed by atoms with Gasteiger partial charge in [0.2, 0.25) is 5.91 Å². The number of carbonyl (C=O) groups is 3. The molecule has 1 atom stereocenters. The van der Waals surface area contributed by atoms with Crippen molar-refractivity contribution in [1.82, 2.24) is 20.2 Å². The average molecular weight is 625 g/mol. The maximum atomic E-state index is 14.1. The number of rotatable bonds is 10. The summed E-state index contributed by atoms with van der Waals surface area (Å²) in [6.45, 7) is 5.21. The fourth-order valence-corrected chi connectivity index (χ4v) is 5.46. The molecule has 5 rings (SSSR count). The van der Waals surface area contributed by atoms with Gasteiger partial charge in [-0.25, -0.2) is 9.37 Å². The Kier molecular flexibility index (Phi) is 9.72. The number of ketones is 1. The van der Waals surface area contributed by atoms with Crippen LogP contribution in [-0.4, -0.2) is 60.4 Å². The van der Waals surface area contributed by atoms with Crippen molar-refractivity contribution in [2.75, 3.05) is 37.4 Å². The first-order chi connectivity index (χ1) is 22.1. The molecule has 0 spiro atoms. The van der Waals surface area contributed by atoms with Gasteiger partial charge in [0, 0.05) is 48.1 Å². The van der Waals surface area contributed by atoms with Crippen molar-refractivity contribution in [3.63, 3.8) is 0 Å². The highest BCUT2D eigenvalue weighted by molar-refractivity contribution is 6.09. The highest BCUT2D eigenvalue weighted by Crippen LogP contribution is 2.28. The molecule has 0 aliphatic carbocycles. The van der Waals surface area contributed by atoms with E-state index in [-0.39, 0.29) is 23.9 Å². The zero-order valence-corrected chi connectivity index (χ0v) is 26.3. The van der Waals surface area contributed by atoms with E-state index < -0.39 is 23.3 Å². The lowest BCUT2D eigenvalue weighted by Crippen LogP contribution is -2.38. The van der Waals surface area contributed by atoms with Crippen LogP contribution in [0.5, 0.6) is 0 Å². The smallest absolute Gasteiger partial charge is 0.277 e. The topological polar surface area (TPSA) is 125 Å². The minimum atomic E-state index is -0.559. The Morgan fingerprint density at radius 2 is 1.63 bits per heavy atom. The summed E-state index contributed by atoms with van der Waals surface area (Å²) in [5.74, 6) is -1.10. The van der Waals surface area contributed by atoms with Crippen LogP contribution in [0.3, 0.4) is 0 Å². The van der Waals surface area contributed by atoms with Crippen LogP contribution in [0.2, 0.25) is 0 Å². The van der Waals surface area contributed by atoms with Crippen LogP contribution in [0, 0.1) is 12.7 Å². The molecule has 1 saturated heterocycles. The zero-order chi connectivity index (χ0) is 33.0. The molecule has 10 nitrogen and oxygen atoms in total. The molecule has 2 amide bonds. The second-order valence-electron chi connectivity index (χ2n) is 11.4. The van der Waals surface area contributed by atoms with Gasteiger partial charge >= 0.3 is 0 Å². The molecular weight excluding hydrogens is 587 g/mol. The molecule has 1 unspecified atom stereocenters. The van der Waals surface area contributed by atoms with Crippen LogP contribution in [0.1, 0.15) is 57.2 Å². The minimum Gasteiger partial charge on any atom is -0.372 e. The van der Waals surface area contributed by atoms with Gasteiger partial charge in [-0.15, -0.1) is 0 Å². The Balaban J connectivity index is 1.66. The predicted molar refractivity (Wildman–Crippen MR) is 176 cm³/mol. The van der Waals surface area contributed by atoms with E-state index in [0.717, 1.165) is 37.2 Å². The van der Waals surface area contributed by atoms with Gasteiger partial charge in [-0.1, -0.05) is 6.07 Å². The number of amides is 2. The van der Waals surface area contributed by atoms with Crippen LogP contribution in [-0.2, 0) is 11.3 Å². The SMILES string of the molecule is CNC(=O)c1ccc(C)c(-c2ncc(NC(=O)C(C)NC)c(=O)n2Cc2cc(C(=O)c3ccc(F)cc3)cc(N3CCCC3)c2)c1. The van der Waals surface area contributed by atoms with Crippen molar-refractivity contribution in [3.8, 4) is 11.4 Å². The summed E-state index contributed by atoms with van der Waals surface area (Å²) >= 11 is 0. The fourth-order valence-electron chi connectivity index (χ4n) is 5.46. The number of nitrogens with one attached hydrogen (secondary N) is 3. The summed E-state index contributed by atoms with van der Waals surface area (Å²) in [6.07, 6.45) is 3.37. The van der Waals surface area contributed by atoms with Crippen molar-refractivity contribution < 1.29 is 18.8 Å². The number of hydrogen-bond donors (Lipinski definition) is 3. The van der Waals surface area contributed by atoms with Crippen molar-refractivity contribution in [2.24, 2.45) is 0 Å². The third kappa shape index (κ3) is 6.89. The lowest BCUT2D eigenvalue weighted by atomic mass is 9.99. The molecule has 1 fully saturated rings.